The monoisotopic (exact) mass is 592 g/mol. The molecule has 0 heterocycles. The van der Waals surface area contributed by atoms with Crippen LogP contribution in [0.5, 0.6) is 0 Å². The molecule has 41 heavy (non-hydrogen) atoms. The van der Waals surface area contributed by atoms with E-state index in [0.29, 0.717) is 0 Å². The number of carboxylic acid groups (broad SMARTS) is 3. The maximum absolute atomic E-state index is 11.0. The highest BCUT2D eigenvalue weighted by atomic mass is 16.4. The molecule has 0 aliphatic carbocycles. The molecule has 0 aliphatic rings. The van der Waals surface area contributed by atoms with E-state index in [1.165, 1.54) is 25.1 Å². The topological polar surface area (TPSA) is 228 Å². The number of aryl methyl sites for hydroxylation is 2. The maximum atomic E-state index is 11.0. The second kappa shape index (κ2) is 40.8. The lowest BCUT2D eigenvalue weighted by molar-refractivity contribution is -0.140. The van der Waals surface area contributed by atoms with Crippen molar-refractivity contribution in [3.05, 3.63) is 35.4 Å². The molecule has 0 aromatic heterocycles. The molecule has 1 aromatic rings. The van der Waals surface area contributed by atoms with E-state index in [-0.39, 0.29) is 12.3 Å². The van der Waals surface area contributed by atoms with Gasteiger partial charge >= 0.3 is 23.9 Å². The van der Waals surface area contributed by atoms with Crippen LogP contribution < -0.4 is 21.7 Å². The van der Waals surface area contributed by atoms with Gasteiger partial charge in [-0.25, -0.2) is 9.59 Å². The second-order valence-electron chi connectivity index (χ2n) is 7.04. The van der Waals surface area contributed by atoms with Crippen molar-refractivity contribution in [2.24, 2.45) is 5.73 Å². The smallest absolute Gasteiger partial charge is 0.326 e. The molecule has 1 atom stereocenters. The van der Waals surface area contributed by atoms with Crippen LogP contribution in [-0.4, -0.2) is 83.6 Å². The first-order chi connectivity index (χ1) is 19.4. The van der Waals surface area contributed by atoms with Gasteiger partial charge in [0.25, 0.3) is 0 Å². The van der Waals surface area contributed by atoms with Gasteiger partial charge < -0.3 is 42.1 Å². The van der Waals surface area contributed by atoms with E-state index in [1.807, 2.05) is 38.3 Å². The number of aliphatic hydroxyl groups excluding tert-OH is 1. The van der Waals surface area contributed by atoms with Crippen molar-refractivity contribution >= 4 is 29.8 Å². The van der Waals surface area contributed by atoms with Gasteiger partial charge in [-0.05, 0) is 33.7 Å². The van der Waals surface area contributed by atoms with Gasteiger partial charge in [0.2, 0.25) is 5.91 Å². The minimum atomic E-state index is -1.39. The quantitative estimate of drug-likeness (QED) is 0.185. The summed E-state index contributed by atoms with van der Waals surface area (Å²) in [5.74, 6) is -3.79. The van der Waals surface area contributed by atoms with Crippen molar-refractivity contribution in [1.29, 1.82) is 0 Å². The minimum Gasteiger partial charge on any atom is -0.481 e. The molecule has 1 aromatic carbocycles. The van der Waals surface area contributed by atoms with Gasteiger partial charge in [0.05, 0.1) is 0 Å². The molecular weight excluding hydrogens is 536 g/mol. The molecule has 242 valence electrons. The molecule has 0 spiro atoms. The standard InChI is InChI=1S/C8H12N2O7.C8H10.C6H13NO.2C2H6.CH5N.CH4O/c11-5(12)2-1-4(7(15)16)10-8(17)9-3-6(13)14;1-7-4-3-5-8(2)6-7;1-3-4-5-7-6(2)8;4*1-2/h4H,1-3H2,(H,11,12)(H,13,14)(H,15,16)(H2,9,10,17);3-6H,1-2H3;3-5H2,1-2H3,(H,7,8);2*1-2H3;2H2,1H3;2H,1H3. The number of nitrogens with one attached hydrogen (secondary N) is 3. The SMILES string of the molecule is CC.CC.CCCCNC(C)=O.CN.CO.Cc1cccc(C)c1.O=C(O)CCC(NC(=O)NCC(=O)O)C(=O)O. The van der Waals surface area contributed by atoms with Gasteiger partial charge in [-0.3, -0.25) is 14.4 Å². The molecule has 0 bridgehead atoms. The third-order valence-corrected chi connectivity index (χ3v) is 3.73. The molecule has 0 saturated carbocycles. The molecule has 0 fully saturated rings. The molecule has 13 nitrogen and oxygen atoms in total. The molecule has 0 saturated heterocycles. The van der Waals surface area contributed by atoms with Crippen LogP contribution in [0.4, 0.5) is 4.79 Å². The van der Waals surface area contributed by atoms with Gasteiger partial charge in [0, 0.05) is 27.0 Å². The summed E-state index contributed by atoms with van der Waals surface area (Å²) in [6.45, 7) is 16.0. The van der Waals surface area contributed by atoms with Crippen LogP contribution in [0.2, 0.25) is 0 Å². The Hall–Kier alpha value is -3.71. The number of rotatable bonds is 10. The van der Waals surface area contributed by atoms with Crippen LogP contribution in [0.25, 0.3) is 0 Å². The molecular formula is C28H56N4O9. The molecule has 1 rings (SSSR count). The van der Waals surface area contributed by atoms with Crippen molar-refractivity contribution < 1.29 is 44.4 Å². The van der Waals surface area contributed by atoms with Crippen LogP contribution in [-0.2, 0) is 19.2 Å². The highest BCUT2D eigenvalue weighted by molar-refractivity contribution is 5.85. The molecule has 0 radical (unpaired) electrons. The van der Waals surface area contributed by atoms with Gasteiger partial charge in [-0.1, -0.05) is 76.4 Å². The lowest BCUT2D eigenvalue weighted by atomic mass is 10.1. The predicted molar refractivity (Wildman–Crippen MR) is 163 cm³/mol. The fraction of sp³-hybridized carbons (Fsp3) is 0.607. The van der Waals surface area contributed by atoms with Crippen molar-refractivity contribution in [3.8, 4) is 0 Å². The van der Waals surface area contributed by atoms with Crippen molar-refractivity contribution in [3.63, 3.8) is 0 Å². The highest BCUT2D eigenvalue weighted by Crippen LogP contribution is 2.00. The van der Waals surface area contributed by atoms with E-state index in [9.17, 15) is 24.0 Å². The molecule has 0 aliphatic heterocycles. The number of carbonyl (C=O) groups is 5. The van der Waals surface area contributed by atoms with E-state index < -0.39 is 42.9 Å². The first kappa shape index (κ1) is 50.2. The third kappa shape index (κ3) is 49.7. The Balaban J connectivity index is -0.000000107. The number of carbonyl (C=O) groups excluding carboxylic acids is 2. The van der Waals surface area contributed by atoms with E-state index in [1.54, 1.807) is 0 Å². The number of aliphatic carboxylic acids is 3. The molecule has 13 heteroatoms. The zero-order chi connectivity index (χ0) is 33.8. The Morgan fingerprint density at radius 3 is 1.61 bits per heavy atom. The number of hydrogen-bond donors (Lipinski definition) is 8. The molecule has 9 N–H and O–H groups in total. The fourth-order valence-electron chi connectivity index (χ4n) is 2.14. The van der Waals surface area contributed by atoms with E-state index >= 15 is 0 Å². The van der Waals surface area contributed by atoms with Crippen molar-refractivity contribution in [2.45, 2.75) is 87.1 Å². The van der Waals surface area contributed by atoms with Crippen LogP contribution in [0, 0.1) is 13.8 Å². The largest absolute Gasteiger partial charge is 0.481 e. The Morgan fingerprint density at radius 1 is 0.854 bits per heavy atom. The predicted octanol–water partition coefficient (Wildman–Crippen LogP) is 3.15. The minimum absolute atomic E-state index is 0.0680. The number of aliphatic hydroxyl groups is 1. The van der Waals surface area contributed by atoms with Gasteiger partial charge in [0.15, 0.2) is 0 Å². The zero-order valence-corrected chi connectivity index (χ0v) is 26.5. The summed E-state index contributed by atoms with van der Waals surface area (Å²) in [6.07, 6.45) is 1.52. The zero-order valence-electron chi connectivity index (χ0n) is 26.5. The third-order valence-electron chi connectivity index (χ3n) is 3.73. The number of nitrogens with two attached hydrogens (primary N) is 1. The first-order valence-electron chi connectivity index (χ1n) is 13.4. The summed E-state index contributed by atoms with van der Waals surface area (Å²) in [4.78, 5) is 52.2. The number of carboxylic acids is 3. The summed E-state index contributed by atoms with van der Waals surface area (Å²) in [5.41, 5.74) is 7.18. The van der Waals surface area contributed by atoms with Crippen LogP contribution in [0.3, 0.4) is 0 Å². The number of hydrogen-bond acceptors (Lipinski definition) is 7. The van der Waals surface area contributed by atoms with Crippen LogP contribution >= 0.6 is 0 Å². The van der Waals surface area contributed by atoms with E-state index in [4.69, 9.17) is 20.4 Å². The van der Waals surface area contributed by atoms with Gasteiger partial charge in [-0.2, -0.15) is 0 Å². The number of urea groups is 1. The van der Waals surface area contributed by atoms with E-state index in [0.717, 1.165) is 26.5 Å². The summed E-state index contributed by atoms with van der Waals surface area (Å²) in [5, 5.41) is 38.8. The molecule has 1 unspecified atom stereocenters. The summed E-state index contributed by atoms with van der Waals surface area (Å²) < 4.78 is 0. The van der Waals surface area contributed by atoms with Crippen LogP contribution in [0.15, 0.2) is 24.3 Å². The average Bonchev–Trinajstić information content (AvgIpc) is 2.94. The fourth-order valence-corrected chi connectivity index (χ4v) is 2.14. The van der Waals surface area contributed by atoms with E-state index in [2.05, 4.69) is 56.1 Å². The second-order valence-corrected chi connectivity index (χ2v) is 7.04. The Labute approximate surface area is 245 Å². The highest BCUT2D eigenvalue weighted by Gasteiger charge is 2.20. The maximum Gasteiger partial charge on any atom is 0.326 e. The lowest BCUT2D eigenvalue weighted by Gasteiger charge is -2.13. The Morgan fingerprint density at radius 2 is 1.32 bits per heavy atom. The van der Waals surface area contributed by atoms with Gasteiger partial charge in [0.1, 0.15) is 12.6 Å². The van der Waals surface area contributed by atoms with Crippen molar-refractivity contribution in [1.82, 2.24) is 16.0 Å². The van der Waals surface area contributed by atoms with Crippen molar-refractivity contribution in [2.75, 3.05) is 27.2 Å². The Kier molecular flexibility index (Phi) is 49.9. The Bertz CT molecular complexity index is 759. The summed E-state index contributed by atoms with van der Waals surface area (Å²) in [6, 6.07) is 6.09. The average molecular weight is 593 g/mol. The molecule has 3 amide bonds. The number of unbranched alkanes of at least 4 members (excludes halogenated alkanes) is 1. The lowest BCUT2D eigenvalue weighted by Crippen LogP contribution is -2.47. The summed E-state index contributed by atoms with van der Waals surface area (Å²) >= 11 is 0. The van der Waals surface area contributed by atoms with Crippen LogP contribution in [0.1, 0.15) is 78.4 Å². The van der Waals surface area contributed by atoms with Gasteiger partial charge in [-0.15, -0.1) is 0 Å². The number of benzene rings is 1. The normalized spacial score (nSPS) is 8.78. The first-order valence-corrected chi connectivity index (χ1v) is 13.4. The number of amides is 3. The summed E-state index contributed by atoms with van der Waals surface area (Å²) in [7, 11) is 2.50.